The molecule has 5 heteroatoms. The van der Waals surface area contributed by atoms with Crippen LogP contribution in [-0.4, -0.2) is 43.0 Å². The Labute approximate surface area is 125 Å². The molecule has 2 fully saturated rings. The Balaban J connectivity index is 2.07. The van der Waals surface area contributed by atoms with Gasteiger partial charge >= 0.3 is 0 Å². The number of rotatable bonds is 3. The molecule has 3 atom stereocenters. The van der Waals surface area contributed by atoms with Gasteiger partial charge in [-0.05, 0) is 32.0 Å². The maximum absolute atomic E-state index is 11.5. The first-order chi connectivity index (χ1) is 10.1. The van der Waals surface area contributed by atoms with Gasteiger partial charge in [0.1, 0.15) is 5.60 Å². The van der Waals surface area contributed by atoms with Crippen molar-refractivity contribution in [2.45, 2.75) is 24.9 Å². The molecule has 1 saturated carbocycles. The van der Waals surface area contributed by atoms with E-state index in [2.05, 4.69) is 16.9 Å². The van der Waals surface area contributed by atoms with Crippen LogP contribution in [0.4, 0.5) is 0 Å². The quantitative estimate of drug-likeness (QED) is 0.913. The van der Waals surface area contributed by atoms with Crippen molar-refractivity contribution in [2.24, 2.45) is 17.6 Å². The van der Waals surface area contributed by atoms with E-state index < -0.39 is 5.91 Å². The van der Waals surface area contributed by atoms with E-state index in [-0.39, 0.29) is 5.60 Å². The van der Waals surface area contributed by atoms with Crippen LogP contribution >= 0.6 is 0 Å². The van der Waals surface area contributed by atoms with Crippen molar-refractivity contribution in [3.05, 3.63) is 29.6 Å². The highest BCUT2D eigenvalue weighted by molar-refractivity contribution is 5.92. The topological polar surface area (TPSA) is 68.5 Å². The van der Waals surface area contributed by atoms with E-state index in [4.69, 9.17) is 10.5 Å². The first kappa shape index (κ1) is 14.5. The predicted octanol–water partition coefficient (Wildman–Crippen LogP) is 1.38. The third kappa shape index (κ3) is 2.24. The molecule has 2 aliphatic rings. The van der Waals surface area contributed by atoms with E-state index in [1.165, 1.54) is 6.42 Å². The normalized spacial score (nSPS) is 32.9. The number of piperidine rings is 1. The summed E-state index contributed by atoms with van der Waals surface area (Å²) in [6.45, 7) is 2.01. The summed E-state index contributed by atoms with van der Waals surface area (Å²) in [6, 6.07) is 3.49. The molecule has 1 aliphatic heterocycles. The number of nitrogens with zero attached hydrogens (tertiary/aromatic N) is 2. The SMILES string of the molecule is CO[C@@]1(c2cc(C(N)=O)ccn2)[C@@H]2CCC[C@H]1CN(C)C2. The average molecular weight is 289 g/mol. The molecule has 1 amide bonds. The fraction of sp³-hybridized carbons (Fsp3) is 0.625. The molecule has 5 nitrogen and oxygen atoms in total. The highest BCUT2D eigenvalue weighted by atomic mass is 16.5. The smallest absolute Gasteiger partial charge is 0.248 e. The lowest BCUT2D eigenvalue weighted by molar-refractivity contribution is -0.168. The molecule has 21 heavy (non-hydrogen) atoms. The first-order valence-electron chi connectivity index (χ1n) is 7.58. The van der Waals surface area contributed by atoms with Crippen LogP contribution < -0.4 is 5.73 Å². The molecule has 1 aromatic rings. The van der Waals surface area contributed by atoms with Gasteiger partial charge in [0, 0.05) is 43.8 Å². The van der Waals surface area contributed by atoms with Gasteiger partial charge in [-0.15, -0.1) is 0 Å². The van der Waals surface area contributed by atoms with Crippen LogP contribution in [0.2, 0.25) is 0 Å². The zero-order chi connectivity index (χ0) is 15.0. The molecule has 2 bridgehead atoms. The van der Waals surface area contributed by atoms with Gasteiger partial charge in [0.05, 0.1) is 5.69 Å². The van der Waals surface area contributed by atoms with E-state index >= 15 is 0 Å². The van der Waals surface area contributed by atoms with Gasteiger partial charge in [-0.3, -0.25) is 9.78 Å². The Morgan fingerprint density at radius 1 is 1.43 bits per heavy atom. The van der Waals surface area contributed by atoms with E-state index in [9.17, 15) is 4.79 Å². The number of pyridine rings is 1. The number of primary amides is 1. The standard InChI is InChI=1S/C16H23N3O2/c1-19-9-12-4-3-5-13(10-19)16(12,21-2)14-8-11(15(17)20)6-7-18-14/h6-8,12-13H,3-5,9-10H2,1-2H3,(H2,17,20)/t12-,13+,16+. The summed E-state index contributed by atoms with van der Waals surface area (Å²) in [4.78, 5) is 18.4. The van der Waals surface area contributed by atoms with Crippen molar-refractivity contribution in [3.63, 3.8) is 0 Å². The second-order valence-corrected chi connectivity index (χ2v) is 6.34. The van der Waals surface area contributed by atoms with Crippen LogP contribution in [0.3, 0.4) is 0 Å². The van der Waals surface area contributed by atoms with Gasteiger partial charge in [0.25, 0.3) is 0 Å². The molecule has 2 N–H and O–H groups in total. The Kier molecular flexibility index (Phi) is 3.71. The zero-order valence-corrected chi connectivity index (χ0v) is 12.7. The van der Waals surface area contributed by atoms with Crippen LogP contribution in [0, 0.1) is 11.8 Å². The van der Waals surface area contributed by atoms with Crippen molar-refractivity contribution < 1.29 is 9.53 Å². The Bertz CT molecular complexity index is 532. The molecule has 1 saturated heterocycles. The molecule has 1 aliphatic carbocycles. The van der Waals surface area contributed by atoms with E-state index in [1.807, 2.05) is 6.07 Å². The number of likely N-dealkylation sites (tertiary alicyclic amines) is 1. The van der Waals surface area contributed by atoms with Crippen LogP contribution in [0.5, 0.6) is 0 Å². The summed E-state index contributed by atoms with van der Waals surface area (Å²) in [5.74, 6) is 0.411. The van der Waals surface area contributed by atoms with Gasteiger partial charge in [0.2, 0.25) is 5.91 Å². The number of hydrogen-bond donors (Lipinski definition) is 1. The number of amides is 1. The molecular formula is C16H23N3O2. The minimum Gasteiger partial charge on any atom is -0.371 e. The summed E-state index contributed by atoms with van der Waals surface area (Å²) >= 11 is 0. The summed E-state index contributed by atoms with van der Waals surface area (Å²) in [6.07, 6.45) is 5.18. The lowest BCUT2D eigenvalue weighted by Crippen LogP contribution is -2.58. The minimum atomic E-state index is -0.414. The average Bonchev–Trinajstić information content (AvgIpc) is 2.46. The second kappa shape index (κ2) is 5.39. The van der Waals surface area contributed by atoms with Crippen molar-refractivity contribution in [1.29, 1.82) is 0 Å². The predicted molar refractivity (Wildman–Crippen MR) is 79.8 cm³/mol. The number of nitrogens with two attached hydrogens (primary N) is 1. The number of methoxy groups -OCH3 is 1. The van der Waals surface area contributed by atoms with Crippen molar-refractivity contribution in [1.82, 2.24) is 9.88 Å². The fourth-order valence-electron chi connectivity index (χ4n) is 4.31. The monoisotopic (exact) mass is 289 g/mol. The van der Waals surface area contributed by atoms with E-state index in [0.717, 1.165) is 31.6 Å². The Hall–Kier alpha value is -1.46. The van der Waals surface area contributed by atoms with E-state index in [0.29, 0.717) is 17.4 Å². The van der Waals surface area contributed by atoms with Crippen molar-refractivity contribution in [2.75, 3.05) is 27.2 Å². The maximum Gasteiger partial charge on any atom is 0.248 e. The Morgan fingerprint density at radius 3 is 2.67 bits per heavy atom. The zero-order valence-electron chi connectivity index (χ0n) is 12.7. The second-order valence-electron chi connectivity index (χ2n) is 6.34. The molecule has 3 rings (SSSR count). The Morgan fingerprint density at radius 2 is 2.10 bits per heavy atom. The van der Waals surface area contributed by atoms with Crippen molar-refractivity contribution >= 4 is 5.91 Å². The lowest BCUT2D eigenvalue weighted by atomic mass is 9.63. The van der Waals surface area contributed by atoms with E-state index in [1.54, 1.807) is 19.4 Å². The highest BCUT2D eigenvalue weighted by Crippen LogP contribution is 2.50. The van der Waals surface area contributed by atoms with Gasteiger partial charge in [-0.25, -0.2) is 0 Å². The van der Waals surface area contributed by atoms with Gasteiger partial charge in [-0.1, -0.05) is 6.42 Å². The summed E-state index contributed by atoms with van der Waals surface area (Å²) in [7, 11) is 3.94. The van der Waals surface area contributed by atoms with Crippen LogP contribution in [0.15, 0.2) is 18.3 Å². The molecule has 1 aromatic heterocycles. The number of aromatic nitrogens is 1. The van der Waals surface area contributed by atoms with Gasteiger partial charge in [-0.2, -0.15) is 0 Å². The highest BCUT2D eigenvalue weighted by Gasteiger charge is 2.53. The number of fused-ring (bicyclic) bond motifs is 2. The molecule has 114 valence electrons. The summed E-state index contributed by atoms with van der Waals surface area (Å²) in [5.41, 5.74) is 6.41. The van der Waals surface area contributed by atoms with Crippen molar-refractivity contribution in [3.8, 4) is 0 Å². The minimum absolute atomic E-state index is 0.379. The fourth-order valence-corrected chi connectivity index (χ4v) is 4.31. The number of ether oxygens (including phenoxy) is 1. The molecule has 0 spiro atoms. The van der Waals surface area contributed by atoms with Gasteiger partial charge in [0.15, 0.2) is 0 Å². The first-order valence-corrected chi connectivity index (χ1v) is 7.58. The lowest BCUT2D eigenvalue weighted by Gasteiger charge is -2.54. The third-order valence-electron chi connectivity index (χ3n) is 5.16. The van der Waals surface area contributed by atoms with Gasteiger partial charge < -0.3 is 15.4 Å². The molecular weight excluding hydrogens is 266 g/mol. The number of carbonyl (C=O) groups is 1. The largest absolute Gasteiger partial charge is 0.371 e. The third-order valence-corrected chi connectivity index (χ3v) is 5.16. The molecule has 2 heterocycles. The number of carbonyl (C=O) groups excluding carboxylic acids is 1. The van der Waals surface area contributed by atoms with Crippen LogP contribution in [0.25, 0.3) is 0 Å². The molecule has 0 radical (unpaired) electrons. The molecule has 0 unspecified atom stereocenters. The maximum atomic E-state index is 11.5. The van der Waals surface area contributed by atoms with Crippen LogP contribution in [0.1, 0.15) is 35.3 Å². The summed E-state index contributed by atoms with van der Waals surface area (Å²) < 4.78 is 6.07. The molecule has 0 aromatic carbocycles. The number of hydrogen-bond acceptors (Lipinski definition) is 4. The van der Waals surface area contributed by atoms with Crippen LogP contribution in [-0.2, 0) is 10.3 Å². The summed E-state index contributed by atoms with van der Waals surface area (Å²) in [5, 5.41) is 0.